The number of benzene rings is 1. The zero-order valence-electron chi connectivity index (χ0n) is 6.75. The molecular weight excluding hydrogens is 120 g/mol. The molecule has 0 fully saturated rings. The van der Waals surface area contributed by atoms with Crippen LogP contribution in [0.4, 0.5) is 0 Å². The van der Waals surface area contributed by atoms with Crippen molar-refractivity contribution < 1.29 is 1.37 Å². The molecule has 1 atom stereocenters. The lowest BCUT2D eigenvalue weighted by atomic mass is 9.98. The lowest BCUT2D eigenvalue weighted by molar-refractivity contribution is 0.986. The van der Waals surface area contributed by atoms with Crippen molar-refractivity contribution in [1.82, 2.24) is 0 Å². The van der Waals surface area contributed by atoms with E-state index in [0.29, 0.717) is 0 Å². The summed E-state index contributed by atoms with van der Waals surface area (Å²) in [5, 5.41) is 0. The Kier molecular flexibility index (Phi) is 1.09. The Bertz CT molecular complexity index is 289. The normalized spacial score (nSPS) is 23.6. The van der Waals surface area contributed by atoms with Crippen LogP contribution in [0.2, 0.25) is 0 Å². The molecule has 0 aliphatic heterocycles. The van der Waals surface area contributed by atoms with E-state index in [0.717, 1.165) is 6.42 Å². The number of hydrogen-bond acceptors (Lipinski definition) is 0. The van der Waals surface area contributed by atoms with Gasteiger partial charge in [0.1, 0.15) is 0 Å². The van der Waals surface area contributed by atoms with Crippen LogP contribution in [0, 0.1) is 0 Å². The van der Waals surface area contributed by atoms with E-state index in [1.165, 1.54) is 11.1 Å². The van der Waals surface area contributed by atoms with Gasteiger partial charge in [-0.3, -0.25) is 0 Å². The molecular formula is C10H10. The molecule has 1 unspecified atom stereocenters. The fourth-order valence-electron chi connectivity index (χ4n) is 1.25. The fourth-order valence-corrected chi connectivity index (χ4v) is 1.25. The fraction of sp³-hybridized carbons (Fsp3) is 0.200. The predicted octanol–water partition coefficient (Wildman–Crippen LogP) is 2.65. The van der Waals surface area contributed by atoms with Gasteiger partial charge in [0.25, 0.3) is 0 Å². The van der Waals surface area contributed by atoms with Crippen molar-refractivity contribution in [2.75, 3.05) is 0 Å². The second-order valence-corrected chi connectivity index (χ2v) is 2.50. The van der Waals surface area contributed by atoms with E-state index in [4.69, 9.17) is 1.37 Å². The minimum Gasteiger partial charge on any atom is -0.0836 e. The smallest absolute Gasteiger partial charge is 0.0313 e. The molecule has 50 valence electrons. The number of allylic oxidation sites excluding steroid dienone is 1. The van der Waals surface area contributed by atoms with Crippen molar-refractivity contribution in [2.24, 2.45) is 0 Å². The van der Waals surface area contributed by atoms with Gasteiger partial charge in [0.05, 0.1) is 0 Å². The van der Waals surface area contributed by atoms with Crippen LogP contribution in [-0.4, -0.2) is 0 Å². The van der Waals surface area contributed by atoms with Gasteiger partial charge >= 0.3 is 0 Å². The van der Waals surface area contributed by atoms with Gasteiger partial charge in [-0.05, 0) is 23.9 Å². The quantitative estimate of drug-likeness (QED) is 0.507. The maximum Gasteiger partial charge on any atom is 0.0313 e. The minimum absolute atomic E-state index is 0.0371. The Morgan fingerprint density at radius 2 is 2.20 bits per heavy atom. The van der Waals surface area contributed by atoms with E-state index in [1.807, 2.05) is 24.3 Å². The van der Waals surface area contributed by atoms with Crippen LogP contribution >= 0.6 is 0 Å². The summed E-state index contributed by atoms with van der Waals surface area (Å²) in [6.45, 7) is 0. The summed E-state index contributed by atoms with van der Waals surface area (Å²) in [6.07, 6.45) is 4.82. The zero-order valence-corrected chi connectivity index (χ0v) is 5.75. The highest BCUT2D eigenvalue weighted by Gasteiger charge is 2.00. The summed E-state index contributed by atoms with van der Waals surface area (Å²) >= 11 is 0. The second kappa shape index (κ2) is 2.30. The largest absolute Gasteiger partial charge is 0.0836 e. The molecule has 0 heterocycles. The van der Waals surface area contributed by atoms with Crippen molar-refractivity contribution in [2.45, 2.75) is 12.8 Å². The maximum absolute atomic E-state index is 7.52. The van der Waals surface area contributed by atoms with E-state index in [2.05, 4.69) is 12.1 Å². The summed E-state index contributed by atoms with van der Waals surface area (Å²) in [6, 6.07) is 8.26. The molecule has 1 aliphatic rings. The first-order valence-corrected chi connectivity index (χ1v) is 3.54. The summed E-state index contributed by atoms with van der Waals surface area (Å²) in [5.41, 5.74) is 2.58. The molecule has 0 amide bonds. The van der Waals surface area contributed by atoms with E-state index >= 15 is 0 Å². The van der Waals surface area contributed by atoms with E-state index in [9.17, 15) is 0 Å². The summed E-state index contributed by atoms with van der Waals surface area (Å²) in [7, 11) is 0. The van der Waals surface area contributed by atoms with Crippen molar-refractivity contribution in [3.8, 4) is 0 Å². The molecule has 1 aromatic rings. The Morgan fingerprint density at radius 3 is 3.20 bits per heavy atom. The molecule has 0 aromatic heterocycles. The first-order valence-electron chi connectivity index (χ1n) is 4.12. The van der Waals surface area contributed by atoms with Gasteiger partial charge in [-0.1, -0.05) is 36.4 Å². The van der Waals surface area contributed by atoms with E-state index < -0.39 is 0 Å². The lowest BCUT2D eigenvalue weighted by Crippen LogP contribution is -1.91. The number of aryl methyl sites for hydroxylation is 1. The first-order chi connectivity index (χ1) is 5.36. The Balaban J connectivity index is 2.46. The third kappa shape index (κ3) is 0.860. The van der Waals surface area contributed by atoms with Gasteiger partial charge in [-0.15, -0.1) is 0 Å². The van der Waals surface area contributed by atoms with Gasteiger partial charge < -0.3 is 0 Å². The molecule has 0 nitrogen and oxygen atoms in total. The highest BCUT2D eigenvalue weighted by molar-refractivity contribution is 5.55. The summed E-state index contributed by atoms with van der Waals surface area (Å²) in [5.74, 6) is 0. The SMILES string of the molecule is [2H]C1C=Cc2ccccc2C1. The molecule has 0 saturated heterocycles. The third-order valence-corrected chi connectivity index (χ3v) is 1.80. The topological polar surface area (TPSA) is 0 Å². The van der Waals surface area contributed by atoms with Crippen molar-refractivity contribution in [3.63, 3.8) is 0 Å². The van der Waals surface area contributed by atoms with Crippen LogP contribution in [0.15, 0.2) is 30.3 Å². The van der Waals surface area contributed by atoms with Crippen LogP contribution in [0.25, 0.3) is 6.08 Å². The molecule has 0 bridgehead atoms. The van der Waals surface area contributed by atoms with Crippen LogP contribution < -0.4 is 0 Å². The lowest BCUT2D eigenvalue weighted by Gasteiger charge is -2.07. The van der Waals surface area contributed by atoms with Crippen LogP contribution in [0.3, 0.4) is 0 Å². The molecule has 1 aliphatic carbocycles. The van der Waals surface area contributed by atoms with Crippen LogP contribution in [0.5, 0.6) is 0 Å². The van der Waals surface area contributed by atoms with Gasteiger partial charge in [-0.2, -0.15) is 0 Å². The van der Waals surface area contributed by atoms with Gasteiger partial charge in [-0.25, -0.2) is 0 Å². The minimum atomic E-state index is -0.0371. The molecule has 1 aromatic carbocycles. The van der Waals surface area contributed by atoms with Gasteiger partial charge in [0.2, 0.25) is 0 Å². The van der Waals surface area contributed by atoms with Gasteiger partial charge in [0.15, 0.2) is 0 Å². The average Bonchev–Trinajstić information content (AvgIpc) is 2.04. The van der Waals surface area contributed by atoms with Crippen molar-refractivity contribution in [3.05, 3.63) is 41.5 Å². The highest BCUT2D eigenvalue weighted by Crippen LogP contribution is 2.17. The molecule has 2 rings (SSSR count). The summed E-state index contributed by atoms with van der Waals surface area (Å²) < 4.78 is 7.52. The van der Waals surface area contributed by atoms with E-state index in [1.54, 1.807) is 0 Å². The van der Waals surface area contributed by atoms with Gasteiger partial charge in [0, 0.05) is 1.37 Å². The van der Waals surface area contributed by atoms with E-state index in [-0.39, 0.29) is 6.40 Å². The average molecular weight is 131 g/mol. The van der Waals surface area contributed by atoms with Crippen molar-refractivity contribution >= 4 is 6.08 Å². The van der Waals surface area contributed by atoms with Crippen LogP contribution in [-0.2, 0) is 6.42 Å². The zero-order chi connectivity index (χ0) is 7.68. The maximum atomic E-state index is 7.52. The summed E-state index contributed by atoms with van der Waals surface area (Å²) in [4.78, 5) is 0. The number of fused-ring (bicyclic) bond motifs is 1. The van der Waals surface area contributed by atoms with Crippen molar-refractivity contribution in [1.29, 1.82) is 0 Å². The molecule has 0 radical (unpaired) electrons. The molecule has 0 saturated carbocycles. The number of hydrogen-bond donors (Lipinski definition) is 0. The molecule has 0 N–H and O–H groups in total. The Morgan fingerprint density at radius 1 is 1.30 bits per heavy atom. The Hall–Kier alpha value is -1.04. The molecule has 0 spiro atoms. The first kappa shape index (κ1) is 4.73. The molecule has 0 heteroatoms. The van der Waals surface area contributed by atoms with Crippen LogP contribution in [0.1, 0.15) is 18.9 Å². The highest BCUT2D eigenvalue weighted by atomic mass is 14.1. The standard InChI is InChI=1S/C10H10/c1-2-6-10-8-4-3-7-9(10)5-1/h1-3,5-7H,4,8H2/i4D. The third-order valence-electron chi connectivity index (χ3n) is 1.80. The predicted molar refractivity (Wildman–Crippen MR) is 43.8 cm³/mol. The Labute approximate surface area is 62.6 Å². The second-order valence-electron chi connectivity index (χ2n) is 2.50. The number of rotatable bonds is 0. The monoisotopic (exact) mass is 131 g/mol. The molecule has 10 heavy (non-hydrogen) atoms.